The van der Waals surface area contributed by atoms with Crippen LogP contribution >= 0.6 is 0 Å². The molecule has 1 fully saturated rings. The summed E-state index contributed by atoms with van der Waals surface area (Å²) in [5.74, 6) is 1.56. The highest BCUT2D eigenvalue weighted by molar-refractivity contribution is 5.69. The highest BCUT2D eigenvalue weighted by atomic mass is 15.3. The third kappa shape index (κ3) is 3.86. The van der Waals surface area contributed by atoms with E-state index in [-0.39, 0.29) is 0 Å². The Morgan fingerprint density at radius 2 is 2.06 bits per heavy atom. The number of rotatable bonds is 6. The van der Waals surface area contributed by atoms with E-state index in [0.717, 1.165) is 54.3 Å². The Hall–Kier alpha value is -3.32. The van der Waals surface area contributed by atoms with Crippen LogP contribution in [0.4, 0.5) is 0 Å². The van der Waals surface area contributed by atoms with Crippen LogP contribution in [-0.2, 0) is 13.0 Å². The van der Waals surface area contributed by atoms with Crippen LogP contribution in [0.25, 0.3) is 28.3 Å². The molecule has 1 aliphatic carbocycles. The van der Waals surface area contributed by atoms with Crippen molar-refractivity contribution in [1.82, 2.24) is 29.0 Å². The number of imidazole rings is 1. The fourth-order valence-corrected chi connectivity index (χ4v) is 5.02. The van der Waals surface area contributed by atoms with Crippen LogP contribution in [-0.4, -0.2) is 67.5 Å². The van der Waals surface area contributed by atoms with Gasteiger partial charge in [0.15, 0.2) is 6.54 Å². The zero-order valence-electron chi connectivity index (χ0n) is 19.4. The van der Waals surface area contributed by atoms with Crippen molar-refractivity contribution in [2.24, 2.45) is 5.92 Å². The van der Waals surface area contributed by atoms with Gasteiger partial charge in [-0.3, -0.25) is 9.08 Å². The Kier molecular flexibility index (Phi) is 4.87. The van der Waals surface area contributed by atoms with E-state index < -0.39 is 0 Å². The molecule has 33 heavy (non-hydrogen) atoms. The van der Waals surface area contributed by atoms with Gasteiger partial charge in [0.1, 0.15) is 31.3 Å². The second kappa shape index (κ2) is 7.92. The van der Waals surface area contributed by atoms with Crippen molar-refractivity contribution in [2.45, 2.75) is 31.8 Å². The largest absolute Gasteiger partial charge is 0.302 e. The highest BCUT2D eigenvalue weighted by Crippen LogP contribution is 2.40. The van der Waals surface area contributed by atoms with Crippen LogP contribution in [0.2, 0.25) is 0 Å². The zero-order chi connectivity index (χ0) is 22.5. The van der Waals surface area contributed by atoms with Crippen molar-refractivity contribution in [3.8, 4) is 22.6 Å². The van der Waals surface area contributed by atoms with Crippen molar-refractivity contribution in [1.29, 1.82) is 0 Å². The molecule has 1 unspecified atom stereocenters. The number of hydrogen-bond acceptors (Lipinski definition) is 4. The summed E-state index contributed by atoms with van der Waals surface area (Å²) in [5, 5.41) is 4.75. The van der Waals surface area contributed by atoms with Crippen LogP contribution in [0, 0.1) is 5.92 Å². The second-order valence-electron chi connectivity index (χ2n) is 9.74. The lowest BCUT2D eigenvalue weighted by Crippen LogP contribution is -2.26. The predicted molar refractivity (Wildman–Crippen MR) is 130 cm³/mol. The lowest BCUT2D eigenvalue weighted by Gasteiger charge is -2.25. The molecular weight excluding hydrogens is 410 g/mol. The summed E-state index contributed by atoms with van der Waals surface area (Å²) in [6.45, 7) is 7.05. The minimum atomic E-state index is 0.348. The average molecular weight is 441 g/mol. The minimum Gasteiger partial charge on any atom is -0.302 e. The van der Waals surface area contributed by atoms with Gasteiger partial charge in [-0.25, -0.2) is 14.5 Å². The molecule has 3 aromatic heterocycles. The molecule has 0 saturated heterocycles. The molecule has 7 nitrogen and oxygen atoms in total. The monoisotopic (exact) mass is 440 g/mol. The first-order valence-corrected chi connectivity index (χ1v) is 11.8. The summed E-state index contributed by atoms with van der Waals surface area (Å²) >= 11 is 0. The van der Waals surface area contributed by atoms with Crippen LogP contribution in [0.1, 0.15) is 30.0 Å². The molecule has 0 amide bonds. The van der Waals surface area contributed by atoms with Gasteiger partial charge < -0.3 is 4.90 Å². The standard InChI is InChI=1S/C26H30N7/c1-30(2)17-24(19-5-6-19)33-16-22(14-28-33)26-29-23(13-25-27-9-11-32(25)26)20-7-4-18-8-10-31(3)15-21(18)12-20/h4,7,9,11-14,16,19,24H,1,5-6,8,10,15,17H2,2-3H3/q+1. The number of fused-ring (bicyclic) bond motifs is 2. The molecule has 4 heterocycles. The molecule has 2 aliphatic rings. The van der Waals surface area contributed by atoms with E-state index >= 15 is 0 Å². The first-order valence-electron chi connectivity index (χ1n) is 11.8. The maximum atomic E-state index is 5.11. The summed E-state index contributed by atoms with van der Waals surface area (Å²) in [5.41, 5.74) is 6.83. The Bertz CT molecular complexity index is 1340. The fraction of sp³-hybridized carbons (Fsp3) is 0.385. The van der Waals surface area contributed by atoms with Crippen LogP contribution in [0.15, 0.2) is 49.1 Å². The Morgan fingerprint density at radius 1 is 1.18 bits per heavy atom. The normalized spacial score (nSPS) is 17.3. The van der Waals surface area contributed by atoms with E-state index in [1.165, 1.54) is 24.0 Å². The summed E-state index contributed by atoms with van der Waals surface area (Å²) in [7, 11) is 4.21. The zero-order valence-corrected chi connectivity index (χ0v) is 19.4. The van der Waals surface area contributed by atoms with E-state index in [1.807, 2.05) is 30.2 Å². The molecule has 1 atom stereocenters. The molecular formula is C26H30N7+. The maximum Gasteiger partial charge on any atom is 0.164 e. The van der Waals surface area contributed by atoms with Crippen LogP contribution < -0.4 is 0 Å². The van der Waals surface area contributed by atoms with Gasteiger partial charge in [-0.2, -0.15) is 5.10 Å². The van der Waals surface area contributed by atoms with Crippen molar-refractivity contribution >= 4 is 12.4 Å². The fourth-order valence-electron chi connectivity index (χ4n) is 5.02. The summed E-state index contributed by atoms with van der Waals surface area (Å²) in [6.07, 6.45) is 11.5. The lowest BCUT2D eigenvalue weighted by molar-refractivity contribution is -0.495. The maximum absolute atomic E-state index is 5.11. The van der Waals surface area contributed by atoms with Crippen LogP contribution in [0.5, 0.6) is 0 Å². The van der Waals surface area contributed by atoms with Crippen molar-refractivity contribution in [3.05, 3.63) is 60.2 Å². The highest BCUT2D eigenvalue weighted by Gasteiger charge is 2.35. The Balaban J connectivity index is 1.41. The third-order valence-corrected chi connectivity index (χ3v) is 6.96. The topological polar surface area (TPSA) is 54.3 Å². The minimum absolute atomic E-state index is 0.348. The number of hydrogen-bond donors (Lipinski definition) is 0. The molecule has 0 radical (unpaired) electrons. The molecule has 0 spiro atoms. The van der Waals surface area contributed by atoms with E-state index in [9.17, 15) is 0 Å². The smallest absolute Gasteiger partial charge is 0.164 e. The van der Waals surface area contributed by atoms with Gasteiger partial charge in [0.2, 0.25) is 0 Å². The van der Waals surface area contributed by atoms with Gasteiger partial charge in [0.25, 0.3) is 0 Å². The third-order valence-electron chi connectivity index (χ3n) is 6.96. The number of likely N-dealkylation sites (N-methyl/N-ethyl adjacent to an activating group) is 2. The molecule has 0 bridgehead atoms. The molecule has 1 aliphatic heterocycles. The number of aromatic nitrogens is 5. The number of benzene rings is 1. The average Bonchev–Trinajstić information content (AvgIpc) is 3.33. The van der Waals surface area contributed by atoms with Gasteiger partial charge in [0.05, 0.1) is 17.5 Å². The van der Waals surface area contributed by atoms with E-state index in [1.54, 1.807) is 0 Å². The molecule has 7 heteroatoms. The SMILES string of the molecule is C=[N+](C)CC(C1CC1)n1cc(-c2nc(-c3ccc4c(c3)CN(C)CC4)cc3nccn23)cn1. The van der Waals surface area contributed by atoms with E-state index in [0.29, 0.717) is 12.0 Å². The summed E-state index contributed by atoms with van der Waals surface area (Å²) in [4.78, 5) is 12.1. The van der Waals surface area contributed by atoms with Gasteiger partial charge >= 0.3 is 0 Å². The molecule has 6 rings (SSSR count). The van der Waals surface area contributed by atoms with E-state index in [4.69, 9.17) is 10.1 Å². The molecule has 4 aromatic rings. The van der Waals surface area contributed by atoms with Crippen molar-refractivity contribution in [3.63, 3.8) is 0 Å². The summed E-state index contributed by atoms with van der Waals surface area (Å²) < 4.78 is 6.17. The Labute approximate surface area is 194 Å². The van der Waals surface area contributed by atoms with Crippen molar-refractivity contribution in [2.75, 3.05) is 27.2 Å². The predicted octanol–water partition coefficient (Wildman–Crippen LogP) is 3.54. The first kappa shape index (κ1) is 20.3. The van der Waals surface area contributed by atoms with Crippen molar-refractivity contribution < 1.29 is 4.58 Å². The van der Waals surface area contributed by atoms with E-state index in [2.05, 4.69) is 63.2 Å². The van der Waals surface area contributed by atoms with Gasteiger partial charge in [-0.05, 0) is 49.4 Å². The molecule has 168 valence electrons. The molecule has 0 N–H and O–H groups in total. The molecule has 1 aromatic carbocycles. The van der Waals surface area contributed by atoms with Gasteiger partial charge in [-0.1, -0.05) is 12.1 Å². The van der Waals surface area contributed by atoms with Crippen LogP contribution in [0.3, 0.4) is 0 Å². The quantitative estimate of drug-likeness (QED) is 0.340. The van der Waals surface area contributed by atoms with Gasteiger partial charge in [-0.15, -0.1) is 0 Å². The Morgan fingerprint density at radius 3 is 2.88 bits per heavy atom. The second-order valence-corrected chi connectivity index (χ2v) is 9.74. The summed E-state index contributed by atoms with van der Waals surface area (Å²) in [6, 6.07) is 9.19. The number of nitrogens with zero attached hydrogens (tertiary/aromatic N) is 7. The molecule has 1 saturated carbocycles. The first-order chi connectivity index (χ1) is 16.0. The lowest BCUT2D eigenvalue weighted by atomic mass is 9.96. The van der Waals surface area contributed by atoms with Gasteiger partial charge in [0, 0.05) is 43.3 Å².